The van der Waals surface area contributed by atoms with Crippen molar-refractivity contribution in [2.24, 2.45) is 0 Å². The van der Waals surface area contributed by atoms with Gasteiger partial charge in [-0.15, -0.1) is 0 Å². The van der Waals surface area contributed by atoms with Gasteiger partial charge in [0.2, 0.25) is 5.76 Å². The first kappa shape index (κ1) is 11.4. The van der Waals surface area contributed by atoms with Crippen LogP contribution in [0.4, 0.5) is 17.6 Å². The molecule has 1 aromatic heterocycles. The van der Waals surface area contributed by atoms with Crippen molar-refractivity contribution in [3.63, 3.8) is 0 Å². The smallest absolute Gasteiger partial charge is 0.449 e. The molecular formula is C10H4F4O3. The van der Waals surface area contributed by atoms with Gasteiger partial charge in [-0.2, -0.15) is 13.2 Å². The van der Waals surface area contributed by atoms with Gasteiger partial charge in [-0.3, -0.25) is 4.79 Å². The molecule has 0 bridgehead atoms. The fourth-order valence-corrected chi connectivity index (χ4v) is 1.30. The number of benzene rings is 1. The summed E-state index contributed by atoms with van der Waals surface area (Å²) in [6, 6.07) is 1.48. The number of phenols is 1. The van der Waals surface area contributed by atoms with Crippen LogP contribution in [0, 0.1) is 5.82 Å². The zero-order valence-electron chi connectivity index (χ0n) is 8.01. The van der Waals surface area contributed by atoms with E-state index >= 15 is 0 Å². The van der Waals surface area contributed by atoms with E-state index in [0.29, 0.717) is 12.1 Å². The molecule has 0 saturated heterocycles. The maximum Gasteiger partial charge on any atom is 0.449 e. The molecule has 0 fully saturated rings. The van der Waals surface area contributed by atoms with Crippen molar-refractivity contribution in [3.05, 3.63) is 40.0 Å². The van der Waals surface area contributed by atoms with Crippen LogP contribution in [0.1, 0.15) is 5.76 Å². The summed E-state index contributed by atoms with van der Waals surface area (Å²) in [4.78, 5) is 11.3. The lowest BCUT2D eigenvalue weighted by atomic mass is 10.2. The van der Waals surface area contributed by atoms with Crippen LogP contribution >= 0.6 is 0 Å². The minimum absolute atomic E-state index is 0.235. The summed E-state index contributed by atoms with van der Waals surface area (Å²) in [6.45, 7) is 0. The molecular weight excluding hydrogens is 244 g/mol. The summed E-state index contributed by atoms with van der Waals surface area (Å²) >= 11 is 0. The van der Waals surface area contributed by atoms with E-state index in [9.17, 15) is 22.4 Å². The molecule has 0 aliphatic heterocycles. The highest BCUT2D eigenvalue weighted by atomic mass is 19.4. The minimum atomic E-state index is -4.82. The van der Waals surface area contributed by atoms with Crippen LogP contribution in [0.5, 0.6) is 5.75 Å². The Morgan fingerprint density at radius 2 is 1.82 bits per heavy atom. The number of rotatable bonds is 0. The highest BCUT2D eigenvalue weighted by Crippen LogP contribution is 2.31. The van der Waals surface area contributed by atoms with Crippen molar-refractivity contribution >= 4 is 11.0 Å². The summed E-state index contributed by atoms with van der Waals surface area (Å²) in [5.41, 5.74) is -1.55. The maximum absolute atomic E-state index is 12.9. The van der Waals surface area contributed by atoms with E-state index in [1.54, 1.807) is 0 Å². The SMILES string of the molecule is O=c1cc(C(F)(F)F)oc2cc(O)c(F)cc12. The fourth-order valence-electron chi connectivity index (χ4n) is 1.30. The van der Waals surface area contributed by atoms with Gasteiger partial charge >= 0.3 is 6.18 Å². The molecule has 1 heterocycles. The molecule has 17 heavy (non-hydrogen) atoms. The van der Waals surface area contributed by atoms with Crippen molar-refractivity contribution < 1.29 is 27.1 Å². The van der Waals surface area contributed by atoms with Crippen LogP contribution in [0.25, 0.3) is 11.0 Å². The topological polar surface area (TPSA) is 50.4 Å². The highest BCUT2D eigenvalue weighted by Gasteiger charge is 2.35. The van der Waals surface area contributed by atoms with Crippen LogP contribution in [0.15, 0.2) is 27.4 Å². The van der Waals surface area contributed by atoms with Crippen molar-refractivity contribution in [2.75, 3.05) is 0 Å². The number of aromatic hydroxyl groups is 1. The normalized spacial score (nSPS) is 12.0. The average Bonchev–Trinajstić information content (AvgIpc) is 2.19. The molecule has 0 amide bonds. The number of phenolic OH excluding ortho intramolecular Hbond substituents is 1. The van der Waals surface area contributed by atoms with E-state index in [-0.39, 0.29) is 11.5 Å². The van der Waals surface area contributed by atoms with Crippen molar-refractivity contribution in [1.82, 2.24) is 0 Å². The van der Waals surface area contributed by atoms with Gasteiger partial charge in [-0.05, 0) is 6.07 Å². The third kappa shape index (κ3) is 1.95. The standard InChI is InChI=1S/C10H4F4O3/c11-5-1-4-6(15)3-9(10(12,13)14)17-8(4)2-7(5)16/h1-3,16H. The molecule has 1 N–H and O–H groups in total. The largest absolute Gasteiger partial charge is 0.505 e. The molecule has 0 saturated carbocycles. The average molecular weight is 248 g/mol. The zero-order valence-corrected chi connectivity index (χ0v) is 8.01. The first-order valence-corrected chi connectivity index (χ1v) is 4.32. The number of hydrogen-bond donors (Lipinski definition) is 1. The van der Waals surface area contributed by atoms with Gasteiger partial charge in [-0.25, -0.2) is 4.39 Å². The van der Waals surface area contributed by atoms with E-state index in [4.69, 9.17) is 5.11 Å². The predicted molar refractivity (Wildman–Crippen MR) is 49.1 cm³/mol. The Bertz CT molecular complexity index is 642. The molecule has 0 atom stereocenters. The van der Waals surface area contributed by atoms with Crippen LogP contribution < -0.4 is 5.43 Å². The first-order valence-electron chi connectivity index (χ1n) is 4.32. The molecule has 7 heteroatoms. The lowest BCUT2D eigenvalue weighted by molar-refractivity contribution is -0.152. The minimum Gasteiger partial charge on any atom is -0.505 e. The van der Waals surface area contributed by atoms with E-state index in [0.717, 1.165) is 0 Å². The molecule has 1 aromatic carbocycles. The Balaban J connectivity index is 2.83. The molecule has 3 nitrogen and oxygen atoms in total. The summed E-state index contributed by atoms with van der Waals surface area (Å²) in [5, 5.41) is 8.62. The van der Waals surface area contributed by atoms with Crippen LogP contribution in [0.2, 0.25) is 0 Å². The Labute approximate surface area is 90.9 Å². The third-order valence-corrected chi connectivity index (χ3v) is 2.08. The van der Waals surface area contributed by atoms with Crippen molar-refractivity contribution in [3.8, 4) is 5.75 Å². The monoisotopic (exact) mass is 248 g/mol. The molecule has 0 unspecified atom stereocenters. The third-order valence-electron chi connectivity index (χ3n) is 2.08. The number of halogens is 4. The lowest BCUT2D eigenvalue weighted by Gasteiger charge is -2.06. The Hall–Kier alpha value is -2.05. The van der Waals surface area contributed by atoms with Gasteiger partial charge in [0.1, 0.15) is 5.58 Å². The molecule has 2 aromatic rings. The second kappa shape index (κ2) is 3.47. The second-order valence-corrected chi connectivity index (χ2v) is 3.27. The van der Waals surface area contributed by atoms with Crippen LogP contribution in [-0.2, 0) is 6.18 Å². The number of alkyl halides is 3. The van der Waals surface area contributed by atoms with Gasteiger partial charge in [0.25, 0.3) is 0 Å². The number of hydrogen-bond acceptors (Lipinski definition) is 3. The first-order chi connectivity index (χ1) is 7.79. The predicted octanol–water partition coefficient (Wildman–Crippen LogP) is 2.66. The Morgan fingerprint density at radius 1 is 1.18 bits per heavy atom. The van der Waals surface area contributed by atoms with Gasteiger partial charge in [0, 0.05) is 12.1 Å². The molecule has 0 spiro atoms. The number of fused-ring (bicyclic) bond motifs is 1. The lowest BCUT2D eigenvalue weighted by Crippen LogP contribution is -2.11. The summed E-state index contributed by atoms with van der Waals surface area (Å²) < 4.78 is 54.2. The zero-order chi connectivity index (χ0) is 12.8. The van der Waals surface area contributed by atoms with Gasteiger partial charge in [0.15, 0.2) is 17.0 Å². The molecule has 2 rings (SSSR count). The quantitative estimate of drug-likeness (QED) is 0.729. The molecule has 0 aliphatic carbocycles. The fraction of sp³-hybridized carbons (Fsp3) is 0.100. The van der Waals surface area contributed by atoms with Gasteiger partial charge in [0.05, 0.1) is 5.39 Å². The molecule has 90 valence electrons. The summed E-state index contributed by atoms with van der Waals surface area (Å²) in [5.74, 6) is -3.49. The van der Waals surface area contributed by atoms with E-state index in [1.807, 2.05) is 0 Å². The van der Waals surface area contributed by atoms with E-state index in [2.05, 4.69) is 4.42 Å². The van der Waals surface area contributed by atoms with E-state index in [1.165, 1.54) is 0 Å². The Morgan fingerprint density at radius 3 is 2.41 bits per heavy atom. The van der Waals surface area contributed by atoms with Crippen molar-refractivity contribution in [1.29, 1.82) is 0 Å². The summed E-state index contributed by atoms with van der Waals surface area (Å²) in [7, 11) is 0. The maximum atomic E-state index is 12.9. The van der Waals surface area contributed by atoms with E-state index < -0.39 is 34.5 Å². The second-order valence-electron chi connectivity index (χ2n) is 3.27. The molecule has 0 aliphatic rings. The molecule has 0 radical (unpaired) electrons. The Kier molecular flexibility index (Phi) is 2.34. The van der Waals surface area contributed by atoms with Gasteiger partial charge < -0.3 is 9.52 Å². The highest BCUT2D eigenvalue weighted by molar-refractivity contribution is 5.78. The van der Waals surface area contributed by atoms with Gasteiger partial charge in [-0.1, -0.05) is 0 Å². The van der Waals surface area contributed by atoms with Crippen LogP contribution in [0.3, 0.4) is 0 Å². The van der Waals surface area contributed by atoms with Crippen molar-refractivity contribution in [2.45, 2.75) is 6.18 Å². The summed E-state index contributed by atoms with van der Waals surface area (Å²) in [6.07, 6.45) is -4.82. The van der Waals surface area contributed by atoms with Crippen LogP contribution in [-0.4, -0.2) is 5.11 Å².